The third kappa shape index (κ3) is 4.37. The molecule has 1 atom stereocenters. The van der Waals surface area contributed by atoms with E-state index in [1.807, 2.05) is 0 Å². The molecule has 0 aliphatic rings. The Balaban J connectivity index is 3.33. The average Bonchev–Trinajstić information content (AvgIpc) is 2.35. The summed E-state index contributed by atoms with van der Waals surface area (Å²) < 4.78 is 71.5. The molecule has 0 fully saturated rings. The second-order valence-corrected chi connectivity index (χ2v) is 4.58. The molecule has 122 valence electrons. The second-order valence-electron chi connectivity index (χ2n) is 4.58. The number of benzene rings is 1. The molecule has 0 aromatic heterocycles. The van der Waals surface area contributed by atoms with E-state index in [4.69, 9.17) is 0 Å². The molecular weight excluding hydrogens is 315 g/mol. The van der Waals surface area contributed by atoms with Gasteiger partial charge in [-0.25, -0.2) is 4.58 Å². The van der Waals surface area contributed by atoms with Crippen LogP contribution in [0.2, 0.25) is 0 Å². The monoisotopic (exact) mass is 327 g/mol. The summed E-state index contributed by atoms with van der Waals surface area (Å²) in [6.45, 7) is 0. The lowest BCUT2D eigenvalue weighted by molar-refractivity contribution is -0.474. The summed E-state index contributed by atoms with van der Waals surface area (Å²) >= 11 is 0. The van der Waals surface area contributed by atoms with Crippen molar-refractivity contribution in [2.45, 2.75) is 18.2 Å². The highest BCUT2D eigenvalue weighted by molar-refractivity contribution is 5.41. The van der Waals surface area contributed by atoms with Gasteiger partial charge in [0.2, 0.25) is 0 Å². The summed E-state index contributed by atoms with van der Waals surface area (Å²) in [5.74, 6) is -3.34. The minimum atomic E-state index is -5.36. The number of nitro groups is 1. The van der Waals surface area contributed by atoms with Gasteiger partial charge in [0.05, 0.1) is 4.92 Å². The quantitative estimate of drug-likeness (QED) is 0.208. The molecule has 0 heterocycles. The number of non-ortho nitro benzene ring substituents is 1. The lowest BCUT2D eigenvalue weighted by Gasteiger charge is -2.26. The Morgan fingerprint density at radius 1 is 1.23 bits per heavy atom. The molecule has 0 bridgehead atoms. The molecule has 1 rings (SSSR count). The number of hydrogen-bond acceptors (Lipinski definition) is 3. The molecule has 5 nitrogen and oxygen atoms in total. The van der Waals surface area contributed by atoms with Crippen molar-refractivity contribution in [1.82, 2.24) is 0 Å². The van der Waals surface area contributed by atoms with Crippen LogP contribution >= 0.6 is 0 Å². The predicted molar refractivity (Wildman–Crippen MR) is 66.1 cm³/mol. The van der Waals surface area contributed by atoms with E-state index in [1.54, 1.807) is 0 Å². The Kier molecular flexibility index (Phi) is 5.05. The maximum atomic E-state index is 13.8. The molecule has 10 heteroatoms. The van der Waals surface area contributed by atoms with Crippen LogP contribution in [0, 0.1) is 10.1 Å². The van der Waals surface area contributed by atoms with Crippen molar-refractivity contribution in [1.29, 1.82) is 0 Å². The molecule has 0 N–H and O–H groups in total. The largest absolute Gasteiger partial charge is 0.417 e. The standard InChI is InChI=1S/C12H12F5N2O3/c1-18(2)7-22-12(16,17)10(11(13,14)15)8-4-3-5-9(6-8)19(20)21/h3-7,10H,1-2H3/q+1. The highest BCUT2D eigenvalue weighted by atomic mass is 19.4. The van der Waals surface area contributed by atoms with Gasteiger partial charge in [-0.1, -0.05) is 12.1 Å². The van der Waals surface area contributed by atoms with Gasteiger partial charge in [-0.15, -0.1) is 0 Å². The van der Waals surface area contributed by atoms with Crippen molar-refractivity contribution in [2.75, 3.05) is 14.1 Å². The van der Waals surface area contributed by atoms with Crippen molar-refractivity contribution in [2.24, 2.45) is 0 Å². The first-order chi connectivity index (χ1) is 9.95. The van der Waals surface area contributed by atoms with E-state index in [2.05, 4.69) is 4.74 Å². The van der Waals surface area contributed by atoms with Crippen LogP contribution in [0.5, 0.6) is 0 Å². The summed E-state index contributed by atoms with van der Waals surface area (Å²) in [5.41, 5.74) is -1.68. The van der Waals surface area contributed by atoms with Crippen LogP contribution in [-0.2, 0) is 4.74 Å². The molecule has 0 aliphatic heterocycles. The van der Waals surface area contributed by atoms with Crippen LogP contribution in [0.15, 0.2) is 24.3 Å². The molecule has 0 amide bonds. The molecule has 1 unspecified atom stereocenters. The molecule has 0 aliphatic carbocycles. The fourth-order valence-electron chi connectivity index (χ4n) is 1.64. The van der Waals surface area contributed by atoms with Gasteiger partial charge in [-0.2, -0.15) is 22.0 Å². The molecular formula is C12H12F5N2O3+. The van der Waals surface area contributed by atoms with Crippen LogP contribution in [0.1, 0.15) is 11.5 Å². The normalized spacial score (nSPS) is 13.4. The maximum absolute atomic E-state index is 13.8. The van der Waals surface area contributed by atoms with Crippen LogP contribution < -0.4 is 0 Å². The average molecular weight is 327 g/mol. The van der Waals surface area contributed by atoms with Crippen molar-refractivity contribution in [3.8, 4) is 0 Å². The highest BCUT2D eigenvalue weighted by Crippen LogP contribution is 2.46. The zero-order valence-electron chi connectivity index (χ0n) is 11.5. The van der Waals surface area contributed by atoms with E-state index in [0.717, 1.165) is 22.8 Å². The van der Waals surface area contributed by atoms with Crippen molar-refractivity contribution in [3.63, 3.8) is 0 Å². The van der Waals surface area contributed by atoms with Gasteiger partial charge in [0, 0.05) is 12.1 Å². The van der Waals surface area contributed by atoms with E-state index in [1.165, 1.54) is 14.1 Å². The summed E-state index contributed by atoms with van der Waals surface area (Å²) in [6, 6.07) is 2.99. The number of hydrogen-bond donors (Lipinski definition) is 0. The van der Waals surface area contributed by atoms with E-state index < -0.39 is 34.4 Å². The van der Waals surface area contributed by atoms with Gasteiger partial charge in [-0.3, -0.25) is 10.1 Å². The Morgan fingerprint density at radius 2 is 1.82 bits per heavy atom. The molecule has 0 spiro atoms. The maximum Gasteiger partial charge on any atom is 0.417 e. The lowest BCUT2D eigenvalue weighted by Crippen LogP contribution is -2.39. The summed E-state index contributed by atoms with van der Waals surface area (Å²) in [6.07, 6.45) is -9.56. The Labute approximate surface area is 121 Å². The molecule has 0 saturated carbocycles. The summed E-state index contributed by atoms with van der Waals surface area (Å²) in [4.78, 5) is 9.61. The van der Waals surface area contributed by atoms with Crippen LogP contribution in [-0.4, -0.2) is 42.3 Å². The lowest BCUT2D eigenvalue weighted by atomic mass is 9.96. The molecule has 22 heavy (non-hydrogen) atoms. The summed E-state index contributed by atoms with van der Waals surface area (Å²) in [5, 5.41) is 10.6. The van der Waals surface area contributed by atoms with Crippen molar-refractivity contribution < 1.29 is 36.2 Å². The first-order valence-electron chi connectivity index (χ1n) is 5.81. The minimum absolute atomic E-state index is 0.427. The van der Waals surface area contributed by atoms with Crippen LogP contribution in [0.25, 0.3) is 0 Å². The Morgan fingerprint density at radius 3 is 2.27 bits per heavy atom. The van der Waals surface area contributed by atoms with Gasteiger partial charge < -0.3 is 4.74 Å². The smallest absolute Gasteiger partial charge is 0.384 e. The van der Waals surface area contributed by atoms with Gasteiger partial charge >= 0.3 is 18.7 Å². The number of nitro benzene ring substituents is 1. The third-order valence-electron chi connectivity index (χ3n) is 2.50. The Bertz CT molecular complexity index is 582. The molecule has 0 saturated heterocycles. The molecule has 1 aromatic carbocycles. The van der Waals surface area contributed by atoms with Gasteiger partial charge in [0.1, 0.15) is 14.1 Å². The number of rotatable bonds is 5. The van der Waals surface area contributed by atoms with E-state index in [0.29, 0.717) is 12.5 Å². The SMILES string of the molecule is C[N+](C)=COC(F)(F)C(c1cccc([N+](=O)[O-])c1)C(F)(F)F. The molecule has 1 aromatic rings. The van der Waals surface area contributed by atoms with Gasteiger partial charge in [-0.05, 0) is 5.56 Å². The summed E-state index contributed by atoms with van der Waals surface area (Å²) in [7, 11) is 2.57. The highest BCUT2D eigenvalue weighted by Gasteiger charge is 2.59. The topological polar surface area (TPSA) is 55.4 Å². The first kappa shape index (κ1) is 17.8. The number of ether oxygens (including phenoxy) is 1. The van der Waals surface area contributed by atoms with E-state index in [-0.39, 0.29) is 0 Å². The number of halogens is 5. The fraction of sp³-hybridized carbons (Fsp3) is 0.417. The molecule has 0 radical (unpaired) electrons. The Hall–Kier alpha value is -2.26. The van der Waals surface area contributed by atoms with Crippen molar-refractivity contribution in [3.05, 3.63) is 39.9 Å². The zero-order chi connectivity index (χ0) is 17.1. The minimum Gasteiger partial charge on any atom is -0.384 e. The predicted octanol–water partition coefficient (Wildman–Crippen LogP) is 3.15. The van der Waals surface area contributed by atoms with Crippen molar-refractivity contribution >= 4 is 12.1 Å². The van der Waals surface area contributed by atoms with Gasteiger partial charge in [0.25, 0.3) is 5.69 Å². The van der Waals surface area contributed by atoms with Gasteiger partial charge in [0.15, 0.2) is 5.92 Å². The first-order valence-corrected chi connectivity index (χ1v) is 5.81. The fourth-order valence-corrected chi connectivity index (χ4v) is 1.64. The number of alkyl halides is 5. The number of nitrogens with zero attached hydrogens (tertiary/aromatic N) is 2. The van der Waals surface area contributed by atoms with E-state index >= 15 is 0 Å². The second kappa shape index (κ2) is 6.24. The van der Waals surface area contributed by atoms with Crippen LogP contribution in [0.3, 0.4) is 0 Å². The third-order valence-corrected chi connectivity index (χ3v) is 2.50. The van der Waals surface area contributed by atoms with Crippen LogP contribution in [0.4, 0.5) is 27.6 Å². The van der Waals surface area contributed by atoms with E-state index in [9.17, 15) is 32.1 Å². The zero-order valence-corrected chi connectivity index (χ0v) is 11.5.